The molecular weight excluding hydrogens is 344 g/mol. The van der Waals surface area contributed by atoms with Gasteiger partial charge in [-0.1, -0.05) is 0 Å². The molecule has 138 valence electrons. The first-order chi connectivity index (χ1) is 11.8. The van der Waals surface area contributed by atoms with Gasteiger partial charge in [0.2, 0.25) is 0 Å². The summed E-state index contributed by atoms with van der Waals surface area (Å²) in [6, 6.07) is 0. The lowest BCUT2D eigenvalue weighted by molar-refractivity contribution is 0.308. The molecular formula is C15H24N6O3S. The Morgan fingerprint density at radius 3 is 2.40 bits per heavy atom. The van der Waals surface area contributed by atoms with Gasteiger partial charge in [0.05, 0.1) is 0 Å². The number of sulfonamides is 1. The van der Waals surface area contributed by atoms with Gasteiger partial charge in [-0.25, -0.2) is 22.9 Å². The Morgan fingerprint density at radius 1 is 1.24 bits per heavy atom. The summed E-state index contributed by atoms with van der Waals surface area (Å²) >= 11 is 0. The highest BCUT2D eigenvalue weighted by atomic mass is 32.2. The van der Waals surface area contributed by atoms with Gasteiger partial charge < -0.3 is 4.57 Å². The van der Waals surface area contributed by atoms with E-state index in [1.54, 1.807) is 36.4 Å². The smallest absolute Gasteiger partial charge is 0.337 e. The van der Waals surface area contributed by atoms with Crippen molar-refractivity contribution in [3.8, 4) is 0 Å². The second-order valence-corrected chi connectivity index (χ2v) is 8.31. The van der Waals surface area contributed by atoms with Gasteiger partial charge in [0.15, 0.2) is 5.03 Å². The first kappa shape index (κ1) is 17.9. The van der Waals surface area contributed by atoms with Crippen LogP contribution in [-0.2, 0) is 30.7 Å². The molecule has 0 aromatic carbocycles. The topological polar surface area (TPSA) is 95.0 Å². The van der Waals surface area contributed by atoms with Crippen LogP contribution in [0.15, 0.2) is 16.0 Å². The van der Waals surface area contributed by atoms with Gasteiger partial charge in [0.25, 0.3) is 10.0 Å². The van der Waals surface area contributed by atoms with Crippen molar-refractivity contribution in [3.05, 3.63) is 28.3 Å². The SMILES string of the molecule is CCn1c(C2CCN(S(=O)(=O)c3cn(C)c(C)n3)CC2)nn(C)c1=O. The summed E-state index contributed by atoms with van der Waals surface area (Å²) in [5.74, 6) is 1.50. The Kier molecular flexibility index (Phi) is 4.58. The monoisotopic (exact) mass is 368 g/mol. The third kappa shape index (κ3) is 3.04. The molecule has 0 N–H and O–H groups in total. The average molecular weight is 368 g/mol. The fourth-order valence-electron chi connectivity index (χ4n) is 3.26. The predicted molar refractivity (Wildman–Crippen MR) is 91.8 cm³/mol. The normalized spacial score (nSPS) is 17.3. The highest BCUT2D eigenvalue weighted by Crippen LogP contribution is 2.29. The Balaban J connectivity index is 1.78. The highest BCUT2D eigenvalue weighted by Gasteiger charge is 2.33. The molecule has 0 aliphatic carbocycles. The van der Waals surface area contributed by atoms with Crippen LogP contribution in [0.25, 0.3) is 0 Å². The first-order valence-electron chi connectivity index (χ1n) is 8.39. The Morgan fingerprint density at radius 2 is 1.88 bits per heavy atom. The second-order valence-electron chi connectivity index (χ2n) is 6.42. The van der Waals surface area contributed by atoms with E-state index in [9.17, 15) is 13.2 Å². The maximum atomic E-state index is 12.8. The quantitative estimate of drug-likeness (QED) is 0.769. The van der Waals surface area contributed by atoms with Crippen molar-refractivity contribution in [2.45, 2.75) is 44.2 Å². The van der Waals surface area contributed by atoms with Gasteiger partial charge in [-0.15, -0.1) is 0 Å². The standard InChI is InChI=1S/C15H24N6O3S/c1-5-21-14(17-19(4)15(21)22)12-6-8-20(9-7-12)25(23,24)13-10-18(3)11(2)16-13/h10,12H,5-9H2,1-4H3. The number of piperidine rings is 1. The van der Waals surface area contributed by atoms with Crippen molar-refractivity contribution in [2.24, 2.45) is 14.1 Å². The number of hydrogen-bond acceptors (Lipinski definition) is 5. The summed E-state index contributed by atoms with van der Waals surface area (Å²) in [4.78, 5) is 16.2. The van der Waals surface area contributed by atoms with Crippen LogP contribution < -0.4 is 5.69 Å². The van der Waals surface area contributed by atoms with Crippen LogP contribution in [0.3, 0.4) is 0 Å². The van der Waals surface area contributed by atoms with Crippen molar-refractivity contribution in [2.75, 3.05) is 13.1 Å². The van der Waals surface area contributed by atoms with Crippen LogP contribution >= 0.6 is 0 Å². The fraction of sp³-hybridized carbons (Fsp3) is 0.667. The lowest BCUT2D eigenvalue weighted by Crippen LogP contribution is -2.38. The molecule has 3 heterocycles. The molecule has 0 spiro atoms. The maximum absolute atomic E-state index is 12.8. The van der Waals surface area contributed by atoms with E-state index < -0.39 is 10.0 Å². The number of aryl methyl sites for hydroxylation is 3. The predicted octanol–water partition coefficient (Wildman–Crippen LogP) is 0.212. The van der Waals surface area contributed by atoms with E-state index in [4.69, 9.17) is 0 Å². The number of hydrogen-bond donors (Lipinski definition) is 0. The summed E-state index contributed by atoms with van der Waals surface area (Å²) < 4.78 is 31.7. The minimum Gasteiger partial charge on any atom is -0.337 e. The van der Waals surface area contributed by atoms with Crippen molar-refractivity contribution < 1.29 is 8.42 Å². The van der Waals surface area contributed by atoms with E-state index in [-0.39, 0.29) is 16.6 Å². The molecule has 0 amide bonds. The Labute approximate surface area is 146 Å². The molecule has 1 saturated heterocycles. The molecule has 25 heavy (non-hydrogen) atoms. The minimum atomic E-state index is -3.58. The average Bonchev–Trinajstić information content (AvgIpc) is 3.08. The van der Waals surface area contributed by atoms with Gasteiger partial charge in [0, 0.05) is 45.8 Å². The van der Waals surface area contributed by atoms with Gasteiger partial charge >= 0.3 is 5.69 Å². The molecule has 0 unspecified atom stereocenters. The maximum Gasteiger partial charge on any atom is 0.345 e. The number of imidazole rings is 1. The van der Waals surface area contributed by atoms with E-state index in [1.165, 1.54) is 8.99 Å². The van der Waals surface area contributed by atoms with Gasteiger partial charge in [-0.2, -0.15) is 9.40 Å². The van der Waals surface area contributed by atoms with Crippen molar-refractivity contribution >= 4 is 10.0 Å². The van der Waals surface area contributed by atoms with E-state index in [1.807, 2.05) is 6.92 Å². The van der Waals surface area contributed by atoms with E-state index in [2.05, 4.69) is 10.1 Å². The van der Waals surface area contributed by atoms with E-state index in [0.717, 1.165) is 5.82 Å². The molecule has 3 rings (SSSR count). The van der Waals surface area contributed by atoms with Crippen LogP contribution in [0, 0.1) is 6.92 Å². The van der Waals surface area contributed by atoms with E-state index >= 15 is 0 Å². The summed E-state index contributed by atoms with van der Waals surface area (Å²) in [7, 11) is -0.164. The number of rotatable bonds is 4. The van der Waals surface area contributed by atoms with Crippen LogP contribution in [-0.4, -0.2) is 49.7 Å². The zero-order valence-electron chi connectivity index (χ0n) is 15.0. The molecule has 0 saturated carbocycles. The van der Waals surface area contributed by atoms with Crippen molar-refractivity contribution in [1.82, 2.24) is 28.2 Å². The summed E-state index contributed by atoms with van der Waals surface area (Å²) in [6.07, 6.45) is 2.83. The van der Waals surface area contributed by atoms with E-state index in [0.29, 0.717) is 38.3 Å². The summed E-state index contributed by atoms with van der Waals surface area (Å²) in [5.41, 5.74) is -0.128. The first-order valence-corrected chi connectivity index (χ1v) is 9.83. The zero-order valence-corrected chi connectivity index (χ0v) is 15.8. The minimum absolute atomic E-state index is 0.0887. The number of aromatic nitrogens is 5. The number of nitrogens with zero attached hydrogens (tertiary/aromatic N) is 6. The molecule has 0 bridgehead atoms. The Hall–Kier alpha value is -1.94. The second kappa shape index (κ2) is 6.41. The summed E-state index contributed by atoms with van der Waals surface area (Å²) in [6.45, 7) is 5.05. The van der Waals surface area contributed by atoms with Crippen LogP contribution in [0.1, 0.15) is 37.3 Å². The van der Waals surface area contributed by atoms with Crippen molar-refractivity contribution in [3.63, 3.8) is 0 Å². The summed E-state index contributed by atoms with van der Waals surface area (Å²) in [5, 5.41) is 4.44. The molecule has 2 aromatic heterocycles. The van der Waals surface area contributed by atoms with Crippen molar-refractivity contribution in [1.29, 1.82) is 0 Å². The molecule has 0 atom stereocenters. The molecule has 2 aromatic rings. The molecule has 10 heteroatoms. The highest BCUT2D eigenvalue weighted by molar-refractivity contribution is 7.89. The van der Waals surface area contributed by atoms with Crippen LogP contribution in [0.2, 0.25) is 0 Å². The molecule has 1 aliphatic rings. The lowest BCUT2D eigenvalue weighted by Gasteiger charge is -2.30. The van der Waals surface area contributed by atoms with Gasteiger partial charge in [-0.05, 0) is 26.7 Å². The Bertz CT molecular complexity index is 912. The third-order valence-corrected chi connectivity index (χ3v) is 6.63. The molecule has 9 nitrogen and oxygen atoms in total. The molecule has 1 aliphatic heterocycles. The molecule has 0 radical (unpaired) electrons. The lowest BCUT2D eigenvalue weighted by atomic mass is 9.97. The zero-order chi connectivity index (χ0) is 18.4. The molecule has 1 fully saturated rings. The van der Waals surface area contributed by atoms with Crippen LogP contribution in [0.5, 0.6) is 0 Å². The largest absolute Gasteiger partial charge is 0.345 e. The van der Waals surface area contributed by atoms with Crippen LogP contribution in [0.4, 0.5) is 0 Å². The fourth-order valence-corrected chi connectivity index (χ4v) is 4.75. The van der Waals surface area contributed by atoms with Gasteiger partial charge in [-0.3, -0.25) is 4.57 Å². The van der Waals surface area contributed by atoms with Gasteiger partial charge in [0.1, 0.15) is 11.6 Å². The third-order valence-electron chi connectivity index (χ3n) is 4.86.